The van der Waals surface area contributed by atoms with Crippen LogP contribution in [0.2, 0.25) is 0 Å². The molecule has 2 rings (SSSR count). The van der Waals surface area contributed by atoms with E-state index in [9.17, 15) is 4.79 Å². The molecule has 20 heavy (non-hydrogen) atoms. The molecular formula is C16H30N2O2. The SMILES string of the molecule is CCOC(=O)C(C)(CN1CCCC1C1CCCC1)NC. The molecule has 0 aromatic rings. The van der Waals surface area contributed by atoms with Crippen molar-refractivity contribution in [1.29, 1.82) is 0 Å². The van der Waals surface area contributed by atoms with Gasteiger partial charge in [0.25, 0.3) is 0 Å². The first kappa shape index (κ1) is 15.8. The first-order chi connectivity index (χ1) is 9.60. The maximum Gasteiger partial charge on any atom is 0.327 e. The van der Waals surface area contributed by atoms with Crippen molar-refractivity contribution in [3.8, 4) is 0 Å². The van der Waals surface area contributed by atoms with E-state index in [1.807, 2.05) is 20.9 Å². The average molecular weight is 282 g/mol. The summed E-state index contributed by atoms with van der Waals surface area (Å²) in [5.41, 5.74) is -0.586. The van der Waals surface area contributed by atoms with Gasteiger partial charge in [-0.15, -0.1) is 0 Å². The van der Waals surface area contributed by atoms with Crippen LogP contribution in [-0.4, -0.2) is 49.2 Å². The van der Waals surface area contributed by atoms with Gasteiger partial charge in [-0.3, -0.25) is 9.69 Å². The molecule has 0 spiro atoms. The molecule has 2 aliphatic rings. The van der Waals surface area contributed by atoms with E-state index in [0.717, 1.165) is 19.0 Å². The molecule has 2 atom stereocenters. The van der Waals surface area contributed by atoms with Crippen molar-refractivity contribution in [2.45, 2.75) is 64.0 Å². The second kappa shape index (κ2) is 6.90. The number of rotatable bonds is 6. The van der Waals surface area contributed by atoms with E-state index in [-0.39, 0.29) is 5.97 Å². The molecule has 1 N–H and O–H groups in total. The highest BCUT2D eigenvalue weighted by molar-refractivity contribution is 5.80. The van der Waals surface area contributed by atoms with Gasteiger partial charge in [0.15, 0.2) is 0 Å². The Balaban J connectivity index is 2.00. The van der Waals surface area contributed by atoms with Crippen LogP contribution in [0.4, 0.5) is 0 Å². The molecule has 1 aliphatic carbocycles. The van der Waals surface area contributed by atoms with Crippen molar-refractivity contribution < 1.29 is 9.53 Å². The highest BCUT2D eigenvalue weighted by atomic mass is 16.5. The number of likely N-dealkylation sites (N-methyl/N-ethyl adjacent to an activating group) is 1. The summed E-state index contributed by atoms with van der Waals surface area (Å²) < 4.78 is 5.24. The fraction of sp³-hybridized carbons (Fsp3) is 0.938. The summed E-state index contributed by atoms with van der Waals surface area (Å²) in [4.78, 5) is 14.7. The maximum atomic E-state index is 12.2. The summed E-state index contributed by atoms with van der Waals surface area (Å²) in [6.07, 6.45) is 8.08. The molecule has 4 heteroatoms. The summed E-state index contributed by atoms with van der Waals surface area (Å²) >= 11 is 0. The molecule has 4 nitrogen and oxygen atoms in total. The van der Waals surface area contributed by atoms with Crippen LogP contribution in [0.1, 0.15) is 52.4 Å². The van der Waals surface area contributed by atoms with Crippen LogP contribution in [0.5, 0.6) is 0 Å². The van der Waals surface area contributed by atoms with E-state index in [1.54, 1.807) is 0 Å². The predicted octanol–water partition coefficient (Wildman–Crippen LogP) is 2.18. The van der Waals surface area contributed by atoms with Crippen LogP contribution in [0, 0.1) is 5.92 Å². The highest BCUT2D eigenvalue weighted by Crippen LogP contribution is 2.36. The van der Waals surface area contributed by atoms with E-state index in [1.165, 1.54) is 38.5 Å². The third kappa shape index (κ3) is 3.34. The monoisotopic (exact) mass is 282 g/mol. The fourth-order valence-corrected chi connectivity index (χ4v) is 3.87. The van der Waals surface area contributed by atoms with Crippen LogP contribution in [0.3, 0.4) is 0 Å². The van der Waals surface area contributed by atoms with Crippen LogP contribution >= 0.6 is 0 Å². The molecule has 0 radical (unpaired) electrons. The van der Waals surface area contributed by atoms with Gasteiger partial charge in [0.05, 0.1) is 6.61 Å². The zero-order valence-electron chi connectivity index (χ0n) is 13.3. The molecule has 116 valence electrons. The number of ether oxygens (including phenoxy) is 1. The number of hydrogen-bond donors (Lipinski definition) is 1. The first-order valence-corrected chi connectivity index (χ1v) is 8.21. The van der Waals surface area contributed by atoms with Crippen molar-refractivity contribution in [3.05, 3.63) is 0 Å². The van der Waals surface area contributed by atoms with E-state index in [2.05, 4.69) is 10.2 Å². The van der Waals surface area contributed by atoms with Gasteiger partial charge in [-0.1, -0.05) is 12.8 Å². The zero-order chi connectivity index (χ0) is 14.6. The lowest BCUT2D eigenvalue weighted by Crippen LogP contribution is -2.57. The van der Waals surface area contributed by atoms with Gasteiger partial charge in [-0.05, 0) is 59.0 Å². The van der Waals surface area contributed by atoms with Gasteiger partial charge in [0, 0.05) is 12.6 Å². The molecule has 0 aromatic heterocycles. The summed E-state index contributed by atoms with van der Waals surface area (Å²) in [5.74, 6) is 0.723. The predicted molar refractivity (Wildman–Crippen MR) is 80.7 cm³/mol. The van der Waals surface area contributed by atoms with Gasteiger partial charge in [0.2, 0.25) is 0 Å². The number of esters is 1. The van der Waals surface area contributed by atoms with Crippen molar-refractivity contribution in [2.24, 2.45) is 5.92 Å². The van der Waals surface area contributed by atoms with E-state index in [4.69, 9.17) is 4.74 Å². The number of nitrogens with one attached hydrogen (secondary N) is 1. The Morgan fingerprint density at radius 1 is 1.30 bits per heavy atom. The maximum absolute atomic E-state index is 12.2. The lowest BCUT2D eigenvalue weighted by Gasteiger charge is -2.36. The number of carbonyl (C=O) groups is 1. The van der Waals surface area contributed by atoms with Gasteiger partial charge >= 0.3 is 5.97 Å². The number of likely N-dealkylation sites (tertiary alicyclic amines) is 1. The zero-order valence-corrected chi connectivity index (χ0v) is 13.3. The molecule has 0 amide bonds. The van der Waals surface area contributed by atoms with E-state index < -0.39 is 5.54 Å². The van der Waals surface area contributed by atoms with Gasteiger partial charge in [0.1, 0.15) is 5.54 Å². The third-order valence-electron chi connectivity index (χ3n) is 5.16. The second-order valence-electron chi connectivity index (χ2n) is 6.53. The van der Waals surface area contributed by atoms with Crippen LogP contribution in [0.25, 0.3) is 0 Å². The Kier molecular flexibility index (Phi) is 5.44. The van der Waals surface area contributed by atoms with E-state index in [0.29, 0.717) is 12.6 Å². The highest BCUT2D eigenvalue weighted by Gasteiger charge is 2.40. The van der Waals surface area contributed by atoms with Gasteiger partial charge in [-0.25, -0.2) is 0 Å². The summed E-state index contributed by atoms with van der Waals surface area (Å²) in [6.45, 7) is 6.17. The first-order valence-electron chi connectivity index (χ1n) is 8.21. The molecule has 1 saturated carbocycles. The minimum Gasteiger partial charge on any atom is -0.465 e. The summed E-state index contributed by atoms with van der Waals surface area (Å²) in [7, 11) is 1.86. The normalized spacial score (nSPS) is 27.6. The Labute approximate surface area is 123 Å². The summed E-state index contributed by atoms with van der Waals surface area (Å²) in [6, 6.07) is 0.680. The Morgan fingerprint density at radius 2 is 2.00 bits per heavy atom. The molecule has 0 bridgehead atoms. The van der Waals surface area contributed by atoms with Crippen LogP contribution < -0.4 is 5.32 Å². The standard InChI is InChI=1S/C16H30N2O2/c1-4-20-15(19)16(2,17-3)12-18-11-7-10-14(18)13-8-5-6-9-13/h13-14,17H,4-12H2,1-3H3. The minimum atomic E-state index is -0.586. The molecular weight excluding hydrogens is 252 g/mol. The fourth-order valence-electron chi connectivity index (χ4n) is 3.87. The van der Waals surface area contributed by atoms with Crippen molar-refractivity contribution in [2.75, 3.05) is 26.7 Å². The average Bonchev–Trinajstić information content (AvgIpc) is 3.09. The van der Waals surface area contributed by atoms with Crippen molar-refractivity contribution in [1.82, 2.24) is 10.2 Å². The Morgan fingerprint density at radius 3 is 2.60 bits per heavy atom. The third-order valence-corrected chi connectivity index (χ3v) is 5.16. The topological polar surface area (TPSA) is 41.6 Å². The molecule has 2 unspecified atom stereocenters. The van der Waals surface area contributed by atoms with Gasteiger partial charge in [-0.2, -0.15) is 0 Å². The molecule has 0 aromatic carbocycles. The summed E-state index contributed by atoms with van der Waals surface area (Å²) in [5, 5.41) is 3.18. The smallest absolute Gasteiger partial charge is 0.327 e. The largest absolute Gasteiger partial charge is 0.465 e. The minimum absolute atomic E-state index is 0.125. The molecule has 2 fully saturated rings. The number of carbonyl (C=O) groups excluding carboxylic acids is 1. The van der Waals surface area contributed by atoms with Gasteiger partial charge < -0.3 is 10.1 Å². The quantitative estimate of drug-likeness (QED) is 0.758. The molecule has 1 heterocycles. The number of hydrogen-bond acceptors (Lipinski definition) is 4. The number of nitrogens with zero attached hydrogens (tertiary/aromatic N) is 1. The van der Waals surface area contributed by atoms with Crippen molar-refractivity contribution in [3.63, 3.8) is 0 Å². The Hall–Kier alpha value is -0.610. The van der Waals surface area contributed by atoms with E-state index >= 15 is 0 Å². The lowest BCUT2D eigenvalue weighted by molar-refractivity contribution is -0.151. The van der Waals surface area contributed by atoms with Crippen LogP contribution in [-0.2, 0) is 9.53 Å². The Bertz CT molecular complexity index is 328. The van der Waals surface area contributed by atoms with Crippen LogP contribution in [0.15, 0.2) is 0 Å². The molecule has 1 saturated heterocycles. The second-order valence-corrected chi connectivity index (χ2v) is 6.53. The lowest BCUT2D eigenvalue weighted by atomic mass is 9.94. The van der Waals surface area contributed by atoms with Crippen molar-refractivity contribution >= 4 is 5.97 Å². The molecule has 1 aliphatic heterocycles.